The largest absolute Gasteiger partial charge is 0.214 e. The van der Waals surface area contributed by atoms with Crippen LogP contribution < -0.4 is 0 Å². The second-order valence-corrected chi connectivity index (χ2v) is 7.71. The number of hydrogen-bond donors (Lipinski definition) is 1. The smallest absolute Gasteiger partial charge is 0.172 e. The standard InChI is InChI=1S/C12H18O.C5H5.5CH3.2ClH.Ti/c1-8(2)10-6-5-7-11(9(3)4)12(10)13;1-2-4-5-3-1;;;;;;;;/h5-9,13H,1-4H3;1-5H;5*1H3;2*1H;/q;6*-1;;;+2/p-2. The first-order valence-electron chi connectivity index (χ1n) is 6.90. The number of halogens is 2. The molecular weight excluding hydrogens is 399 g/mol. The molecule has 2 rings (SSSR count). The van der Waals surface area contributed by atoms with Gasteiger partial charge in [0.25, 0.3) is 0 Å². The molecule has 0 aromatic heterocycles. The minimum Gasteiger partial charge on any atom is -0.214 e. The molecule has 0 amide bonds. The number of aromatic hydroxyl groups is 1. The van der Waals surface area contributed by atoms with Crippen molar-refractivity contribution < 1.29 is 22.1 Å². The molecule has 0 fully saturated rings. The van der Waals surface area contributed by atoms with Crippen molar-refractivity contribution in [3.8, 4) is 5.75 Å². The van der Waals surface area contributed by atoms with Crippen molar-refractivity contribution >= 4 is 18.6 Å². The molecule has 0 saturated heterocycles. The van der Waals surface area contributed by atoms with Gasteiger partial charge in [-0.05, 0) is 23.0 Å². The van der Waals surface area contributed by atoms with Gasteiger partial charge >= 0.3 is 35.6 Å². The second kappa shape index (κ2) is 24.7. The second-order valence-electron chi connectivity index (χ2n) is 5.13. The molecule has 0 atom stereocenters. The van der Waals surface area contributed by atoms with Crippen LogP contribution in [-0.2, 0) is 17.0 Å². The van der Waals surface area contributed by atoms with E-state index in [0.717, 1.165) is 11.1 Å². The Kier molecular flexibility index (Phi) is 38.3. The molecular formula is C22H38Cl2OTi-6. The molecule has 26 heavy (non-hydrogen) atoms. The van der Waals surface area contributed by atoms with Gasteiger partial charge in [0.2, 0.25) is 0 Å². The van der Waals surface area contributed by atoms with Crippen LogP contribution in [0.2, 0.25) is 0 Å². The summed E-state index contributed by atoms with van der Waals surface area (Å²) in [6, 6.07) is 16.0. The van der Waals surface area contributed by atoms with E-state index < -0.39 is 17.0 Å². The molecule has 0 heterocycles. The summed E-state index contributed by atoms with van der Waals surface area (Å²) in [7, 11) is 9.78. The van der Waals surface area contributed by atoms with Gasteiger partial charge in [0.1, 0.15) is 5.75 Å². The first kappa shape index (κ1) is 40.4. The fourth-order valence-corrected chi connectivity index (χ4v) is 1.83. The van der Waals surface area contributed by atoms with Crippen LogP contribution in [-0.4, -0.2) is 5.11 Å². The molecule has 4 heteroatoms. The van der Waals surface area contributed by atoms with Gasteiger partial charge < -0.3 is 42.2 Å². The summed E-state index contributed by atoms with van der Waals surface area (Å²) in [5.41, 5.74) is 2.09. The van der Waals surface area contributed by atoms with Gasteiger partial charge in [-0.25, -0.2) is 12.1 Å². The van der Waals surface area contributed by atoms with E-state index in [1.165, 1.54) is 0 Å². The third-order valence-corrected chi connectivity index (χ3v) is 2.90. The van der Waals surface area contributed by atoms with Crippen molar-refractivity contribution in [1.82, 2.24) is 0 Å². The van der Waals surface area contributed by atoms with Crippen LogP contribution in [0.25, 0.3) is 0 Å². The molecule has 156 valence electrons. The first-order chi connectivity index (χ1) is 9.95. The molecule has 0 aliphatic heterocycles. The van der Waals surface area contributed by atoms with Crippen molar-refractivity contribution in [2.75, 3.05) is 0 Å². The summed E-state index contributed by atoms with van der Waals surface area (Å²) >= 11 is -0.556. The zero-order valence-corrected chi connectivity index (χ0v) is 21.1. The molecule has 0 bridgehead atoms. The topological polar surface area (TPSA) is 20.2 Å². The number of rotatable bonds is 2. The molecule has 0 unspecified atom stereocenters. The van der Waals surface area contributed by atoms with Crippen LogP contribution in [0.4, 0.5) is 0 Å². The van der Waals surface area contributed by atoms with Crippen molar-refractivity contribution in [2.45, 2.75) is 39.5 Å². The Hall–Kier alpha value is -0.336. The molecule has 0 spiro atoms. The predicted octanol–water partition coefficient (Wildman–Crippen LogP) is 8.67. The summed E-state index contributed by atoms with van der Waals surface area (Å²) in [5, 5.41) is 9.93. The van der Waals surface area contributed by atoms with E-state index in [-0.39, 0.29) is 37.1 Å². The Morgan fingerprint density at radius 1 is 0.769 bits per heavy atom. The molecule has 0 saturated carbocycles. The van der Waals surface area contributed by atoms with Gasteiger partial charge in [-0.15, -0.1) is 0 Å². The summed E-state index contributed by atoms with van der Waals surface area (Å²) in [4.78, 5) is 0. The minimum absolute atomic E-state index is 0. The van der Waals surface area contributed by atoms with Gasteiger partial charge in [-0.2, -0.15) is 18.2 Å². The van der Waals surface area contributed by atoms with Gasteiger partial charge in [-0.3, -0.25) is 0 Å². The third kappa shape index (κ3) is 17.1. The zero-order valence-electron chi connectivity index (χ0n) is 18.0. The Morgan fingerprint density at radius 2 is 1.08 bits per heavy atom. The number of hydrogen-bond acceptors (Lipinski definition) is 1. The van der Waals surface area contributed by atoms with E-state index in [1.807, 2.05) is 48.5 Å². The predicted molar refractivity (Wildman–Crippen MR) is 122 cm³/mol. The fraction of sp³-hybridized carbons (Fsp3) is 0.273. The Balaban J connectivity index is -0.0000000663. The van der Waals surface area contributed by atoms with Crippen LogP contribution in [0.1, 0.15) is 50.7 Å². The molecule has 1 nitrogen and oxygen atoms in total. The van der Waals surface area contributed by atoms with Gasteiger partial charge in [-0.1, -0.05) is 45.9 Å². The summed E-state index contributed by atoms with van der Waals surface area (Å²) < 4.78 is 0. The minimum atomic E-state index is -0.556. The quantitative estimate of drug-likeness (QED) is 0.368. The van der Waals surface area contributed by atoms with E-state index in [9.17, 15) is 5.11 Å². The normalized spacial score (nSPS) is 7.69. The maximum absolute atomic E-state index is 9.93. The average molecular weight is 437 g/mol. The van der Waals surface area contributed by atoms with E-state index in [1.54, 1.807) is 0 Å². The van der Waals surface area contributed by atoms with Crippen molar-refractivity contribution in [2.24, 2.45) is 0 Å². The molecule has 2 aromatic rings. The average Bonchev–Trinajstić information content (AvgIpc) is 2.98. The zero-order chi connectivity index (χ0) is 16.3. The van der Waals surface area contributed by atoms with Crippen LogP contribution in [0, 0.1) is 37.1 Å². The van der Waals surface area contributed by atoms with Crippen LogP contribution in [0.3, 0.4) is 0 Å². The molecule has 2 aromatic carbocycles. The Labute approximate surface area is 182 Å². The van der Waals surface area contributed by atoms with Crippen molar-refractivity contribution in [3.63, 3.8) is 0 Å². The molecule has 0 radical (unpaired) electrons. The number of phenols is 1. The van der Waals surface area contributed by atoms with Gasteiger partial charge in [0.15, 0.2) is 0 Å². The number of phenolic OH excluding ortho intramolecular Hbond substituents is 1. The van der Waals surface area contributed by atoms with E-state index >= 15 is 0 Å². The van der Waals surface area contributed by atoms with Gasteiger partial charge in [0, 0.05) is 0 Å². The summed E-state index contributed by atoms with van der Waals surface area (Å²) in [5.74, 6) is 1.25. The summed E-state index contributed by atoms with van der Waals surface area (Å²) in [6.07, 6.45) is 0. The Bertz CT molecular complexity index is 426. The number of benzene rings is 1. The van der Waals surface area contributed by atoms with E-state index in [0.29, 0.717) is 17.6 Å². The monoisotopic (exact) mass is 436 g/mol. The molecule has 1 N–H and O–H groups in total. The maximum atomic E-state index is 9.93. The molecule has 0 aliphatic carbocycles. The number of para-hydroxylation sites is 1. The summed E-state index contributed by atoms with van der Waals surface area (Å²) in [6.45, 7) is 8.39. The van der Waals surface area contributed by atoms with E-state index in [4.69, 9.17) is 18.6 Å². The van der Waals surface area contributed by atoms with Crippen LogP contribution in [0.5, 0.6) is 5.75 Å². The van der Waals surface area contributed by atoms with Crippen LogP contribution in [0.15, 0.2) is 48.5 Å². The maximum Gasteiger partial charge on any atom is -0.172 e. The van der Waals surface area contributed by atoms with Crippen molar-refractivity contribution in [3.05, 3.63) is 96.8 Å². The third-order valence-electron chi connectivity index (χ3n) is 2.90. The van der Waals surface area contributed by atoms with E-state index in [2.05, 4.69) is 27.7 Å². The first-order valence-corrected chi connectivity index (χ1v) is 11.2. The van der Waals surface area contributed by atoms with Crippen molar-refractivity contribution in [1.29, 1.82) is 0 Å². The van der Waals surface area contributed by atoms with Gasteiger partial charge in [0.05, 0.1) is 0 Å². The van der Waals surface area contributed by atoms with Crippen LogP contribution >= 0.6 is 18.6 Å². The fourth-order valence-electron chi connectivity index (χ4n) is 1.83. The molecule has 0 aliphatic rings. The Morgan fingerprint density at radius 3 is 1.27 bits per heavy atom. The SMILES string of the molecule is CC(C)c1cccc(C(C)C)c1O.[CH3-].[CH3-].[CH3-].[CH3-].[CH3-].[Cl][Ti][Cl].c1cc[cH-]c1.